The van der Waals surface area contributed by atoms with E-state index in [-0.39, 0.29) is 12.1 Å². The average molecular weight is 311 g/mol. The topological polar surface area (TPSA) is 68.8 Å². The van der Waals surface area contributed by atoms with Gasteiger partial charge in [-0.05, 0) is 25.5 Å². The molecule has 2 heterocycles. The van der Waals surface area contributed by atoms with Crippen LogP contribution in [0.5, 0.6) is 0 Å². The smallest absolute Gasteiger partial charge is 0.230 e. The van der Waals surface area contributed by atoms with Crippen LogP contribution in [0.1, 0.15) is 37.2 Å². The van der Waals surface area contributed by atoms with Crippen molar-refractivity contribution in [2.24, 2.45) is 0 Å². The lowest BCUT2D eigenvalue weighted by Gasteiger charge is -2.20. The monoisotopic (exact) mass is 311 g/mol. The first kappa shape index (κ1) is 15.4. The minimum Gasteiger partial charge on any atom is -0.424 e. The maximum Gasteiger partial charge on any atom is 0.230 e. The number of hydrogen-bond donors (Lipinski definition) is 1. The average Bonchev–Trinajstić information content (AvgIpc) is 3.25. The molecule has 0 aliphatic carbocycles. The van der Waals surface area contributed by atoms with Crippen molar-refractivity contribution in [2.75, 3.05) is 0 Å². The van der Waals surface area contributed by atoms with Crippen molar-refractivity contribution in [1.82, 2.24) is 25.3 Å². The molecule has 0 bridgehead atoms. The van der Waals surface area contributed by atoms with Gasteiger partial charge in [0.1, 0.15) is 0 Å². The Balaban J connectivity index is 1.53. The molecule has 6 heteroatoms. The maximum atomic E-state index is 5.70. The van der Waals surface area contributed by atoms with E-state index in [0.717, 1.165) is 5.56 Å². The van der Waals surface area contributed by atoms with E-state index >= 15 is 0 Å². The number of hydrogen-bond acceptors (Lipinski definition) is 5. The van der Waals surface area contributed by atoms with Gasteiger partial charge < -0.3 is 9.73 Å². The number of nitrogens with one attached hydrogen (secondary N) is 1. The minimum absolute atomic E-state index is 0.236. The van der Waals surface area contributed by atoms with Gasteiger partial charge in [-0.25, -0.2) is 0 Å². The van der Waals surface area contributed by atoms with Crippen LogP contribution < -0.4 is 5.32 Å². The molecule has 0 fully saturated rings. The molecule has 0 aliphatic rings. The predicted octanol–water partition coefficient (Wildman–Crippen LogP) is 2.60. The molecule has 1 aromatic carbocycles. The largest absolute Gasteiger partial charge is 0.424 e. The third kappa shape index (κ3) is 4.04. The highest BCUT2D eigenvalue weighted by molar-refractivity contribution is 5.17. The van der Waals surface area contributed by atoms with E-state index in [4.69, 9.17) is 4.42 Å². The van der Waals surface area contributed by atoms with Gasteiger partial charge in [0.05, 0.1) is 19.0 Å². The Kier molecular flexibility index (Phi) is 4.83. The van der Waals surface area contributed by atoms with Crippen LogP contribution >= 0.6 is 0 Å². The van der Waals surface area contributed by atoms with Gasteiger partial charge in [0.15, 0.2) is 0 Å². The van der Waals surface area contributed by atoms with Crippen molar-refractivity contribution >= 4 is 0 Å². The highest BCUT2D eigenvalue weighted by Gasteiger charge is 2.15. The van der Waals surface area contributed by atoms with Crippen LogP contribution in [0.3, 0.4) is 0 Å². The summed E-state index contributed by atoms with van der Waals surface area (Å²) in [5, 5.41) is 15.9. The van der Waals surface area contributed by atoms with Crippen LogP contribution in [0.25, 0.3) is 0 Å². The summed E-state index contributed by atoms with van der Waals surface area (Å²) < 4.78 is 7.64. The summed E-state index contributed by atoms with van der Waals surface area (Å²) in [6.45, 7) is 4.79. The van der Waals surface area contributed by atoms with Gasteiger partial charge in [-0.3, -0.25) is 4.68 Å². The zero-order chi connectivity index (χ0) is 16.1. The van der Waals surface area contributed by atoms with E-state index < -0.39 is 0 Å². The van der Waals surface area contributed by atoms with E-state index in [1.807, 2.05) is 35.1 Å². The summed E-state index contributed by atoms with van der Waals surface area (Å²) in [4.78, 5) is 0. The fraction of sp³-hybridized carbons (Fsp3) is 0.353. The Morgan fingerprint density at radius 2 is 1.87 bits per heavy atom. The third-order valence-corrected chi connectivity index (χ3v) is 3.95. The molecule has 6 nitrogen and oxygen atoms in total. The minimum atomic E-state index is 0.236. The Labute approximate surface area is 135 Å². The zero-order valence-electron chi connectivity index (χ0n) is 13.4. The maximum absolute atomic E-state index is 5.70. The molecular formula is C17H21N5O. The number of aromatic nitrogens is 4. The van der Waals surface area contributed by atoms with E-state index in [1.54, 1.807) is 6.20 Å². The first-order valence-electron chi connectivity index (χ1n) is 7.80. The first-order chi connectivity index (χ1) is 11.2. The molecule has 0 saturated carbocycles. The van der Waals surface area contributed by atoms with Gasteiger partial charge in [0.25, 0.3) is 0 Å². The van der Waals surface area contributed by atoms with Crippen molar-refractivity contribution in [2.45, 2.75) is 38.9 Å². The van der Waals surface area contributed by atoms with Gasteiger partial charge in [0, 0.05) is 18.4 Å². The van der Waals surface area contributed by atoms with E-state index in [1.165, 1.54) is 0 Å². The third-order valence-electron chi connectivity index (χ3n) is 3.95. The Bertz CT molecular complexity index is 708. The molecule has 3 rings (SSSR count). The number of nitrogens with zero attached hydrogens (tertiary/aromatic N) is 4. The fourth-order valence-electron chi connectivity index (χ4n) is 2.37. The standard InChI is InChI=1S/C17H21N5O/c1-13(14(2)22-10-6-9-19-22)18-12-17-21-20-16(23-17)11-15-7-4-3-5-8-15/h3-10,13-14,18H,11-12H2,1-2H3/t13-,14+/m0/s1. The van der Waals surface area contributed by atoms with Gasteiger partial charge >= 0.3 is 0 Å². The second-order valence-corrected chi connectivity index (χ2v) is 5.65. The van der Waals surface area contributed by atoms with Gasteiger partial charge in [-0.2, -0.15) is 5.10 Å². The van der Waals surface area contributed by atoms with E-state index in [9.17, 15) is 0 Å². The Morgan fingerprint density at radius 3 is 2.61 bits per heavy atom. The lowest BCUT2D eigenvalue weighted by molar-refractivity contribution is 0.345. The quantitative estimate of drug-likeness (QED) is 0.726. The highest BCUT2D eigenvalue weighted by atomic mass is 16.4. The number of rotatable bonds is 7. The summed E-state index contributed by atoms with van der Waals surface area (Å²) >= 11 is 0. The van der Waals surface area contributed by atoms with Crippen molar-refractivity contribution < 1.29 is 4.42 Å². The predicted molar refractivity (Wildman–Crippen MR) is 86.8 cm³/mol. The van der Waals surface area contributed by atoms with Crippen LogP contribution in [0.4, 0.5) is 0 Å². The van der Waals surface area contributed by atoms with Crippen LogP contribution in [-0.2, 0) is 13.0 Å². The van der Waals surface area contributed by atoms with Gasteiger partial charge in [-0.15, -0.1) is 10.2 Å². The normalized spacial score (nSPS) is 13.8. The molecule has 0 amide bonds. The van der Waals surface area contributed by atoms with E-state index in [2.05, 4.69) is 46.6 Å². The van der Waals surface area contributed by atoms with Crippen molar-refractivity contribution in [3.63, 3.8) is 0 Å². The van der Waals surface area contributed by atoms with Crippen molar-refractivity contribution in [3.8, 4) is 0 Å². The lowest BCUT2D eigenvalue weighted by atomic mass is 10.1. The van der Waals surface area contributed by atoms with Crippen LogP contribution in [0.2, 0.25) is 0 Å². The molecular weight excluding hydrogens is 290 g/mol. The van der Waals surface area contributed by atoms with Crippen LogP contribution in [0.15, 0.2) is 53.2 Å². The van der Waals surface area contributed by atoms with Crippen molar-refractivity contribution in [1.29, 1.82) is 0 Å². The summed E-state index contributed by atoms with van der Waals surface area (Å²) in [6, 6.07) is 12.5. The van der Waals surface area contributed by atoms with Gasteiger partial charge in [0.2, 0.25) is 11.8 Å². The summed E-state index contributed by atoms with van der Waals surface area (Å²) in [7, 11) is 0. The fourth-order valence-corrected chi connectivity index (χ4v) is 2.37. The number of benzene rings is 1. The van der Waals surface area contributed by atoms with Gasteiger partial charge in [-0.1, -0.05) is 30.3 Å². The molecule has 1 N–H and O–H groups in total. The summed E-state index contributed by atoms with van der Waals surface area (Å²) in [5.41, 5.74) is 1.16. The Morgan fingerprint density at radius 1 is 1.09 bits per heavy atom. The summed E-state index contributed by atoms with van der Waals surface area (Å²) in [6.07, 6.45) is 4.41. The SMILES string of the molecule is C[C@H](NCc1nnc(Cc2ccccc2)o1)[C@@H](C)n1cccn1. The lowest BCUT2D eigenvalue weighted by Crippen LogP contribution is -2.33. The molecule has 2 atom stereocenters. The molecule has 2 aromatic heterocycles. The van der Waals surface area contributed by atoms with E-state index in [0.29, 0.717) is 24.7 Å². The molecule has 0 spiro atoms. The first-order valence-corrected chi connectivity index (χ1v) is 7.80. The summed E-state index contributed by atoms with van der Waals surface area (Å²) in [5.74, 6) is 1.25. The molecule has 0 radical (unpaired) electrons. The van der Waals surface area contributed by atoms with Crippen LogP contribution in [-0.4, -0.2) is 26.0 Å². The second-order valence-electron chi connectivity index (χ2n) is 5.65. The van der Waals surface area contributed by atoms with Crippen molar-refractivity contribution in [3.05, 3.63) is 66.1 Å². The molecule has 120 valence electrons. The highest BCUT2D eigenvalue weighted by Crippen LogP contribution is 2.11. The second kappa shape index (κ2) is 7.19. The molecule has 0 unspecified atom stereocenters. The molecule has 0 aliphatic heterocycles. The molecule has 3 aromatic rings. The molecule has 23 heavy (non-hydrogen) atoms. The Hall–Kier alpha value is -2.47. The molecule has 0 saturated heterocycles. The zero-order valence-corrected chi connectivity index (χ0v) is 13.4. The van der Waals surface area contributed by atoms with Crippen LogP contribution in [0, 0.1) is 0 Å².